The van der Waals surface area contributed by atoms with Gasteiger partial charge in [0.2, 0.25) is 11.8 Å². The number of methoxy groups -OCH3 is 1. The summed E-state index contributed by atoms with van der Waals surface area (Å²) < 4.78 is 79.9. The van der Waals surface area contributed by atoms with Crippen molar-refractivity contribution in [2.45, 2.75) is 44.1 Å². The molecule has 2 rings (SSSR count). The van der Waals surface area contributed by atoms with Gasteiger partial charge in [-0.05, 0) is 47.8 Å². The van der Waals surface area contributed by atoms with Gasteiger partial charge in [-0.3, -0.25) is 19.2 Å². The molecular formula is C27H28Cl2F5N3O6S. The maximum absolute atomic E-state index is 15.0. The summed E-state index contributed by atoms with van der Waals surface area (Å²) in [7, 11) is 1.35. The van der Waals surface area contributed by atoms with Crippen molar-refractivity contribution in [2.24, 2.45) is 5.92 Å². The molecule has 17 heteroatoms. The van der Waals surface area contributed by atoms with E-state index >= 15 is 8.78 Å². The summed E-state index contributed by atoms with van der Waals surface area (Å²) in [5.41, 5.74) is -0.811. The van der Waals surface area contributed by atoms with E-state index in [1.54, 1.807) is 0 Å². The highest BCUT2D eigenvalue weighted by Crippen LogP contribution is 2.33. The van der Waals surface area contributed by atoms with E-state index in [4.69, 9.17) is 32.1 Å². The van der Waals surface area contributed by atoms with Gasteiger partial charge in [-0.25, -0.2) is 0 Å². The summed E-state index contributed by atoms with van der Waals surface area (Å²) in [6, 6.07) is 2.48. The summed E-state index contributed by atoms with van der Waals surface area (Å²) in [4.78, 5) is 51.3. The molecule has 0 aromatic heterocycles. The van der Waals surface area contributed by atoms with Gasteiger partial charge in [0.05, 0.1) is 29.8 Å². The molecule has 0 fully saturated rings. The van der Waals surface area contributed by atoms with Gasteiger partial charge in [-0.2, -0.15) is 22.0 Å². The molecule has 2 aromatic carbocycles. The van der Waals surface area contributed by atoms with Crippen molar-refractivity contribution in [1.29, 1.82) is 0 Å². The van der Waals surface area contributed by atoms with E-state index in [1.165, 1.54) is 51.5 Å². The fourth-order valence-electron chi connectivity index (χ4n) is 3.68. The Morgan fingerprint density at radius 1 is 0.886 bits per heavy atom. The Morgan fingerprint density at radius 2 is 1.50 bits per heavy atom. The molecule has 0 aliphatic carbocycles. The zero-order chi connectivity index (χ0) is 33.4. The number of ketones is 1. The molecule has 3 atom stereocenters. The molecule has 0 saturated heterocycles. The lowest BCUT2D eigenvalue weighted by Crippen LogP contribution is -2.56. The van der Waals surface area contributed by atoms with Crippen molar-refractivity contribution in [3.8, 4) is 5.75 Å². The number of nitrogens with one attached hydrogen (secondary N) is 3. The second kappa shape index (κ2) is 15.7. The Balaban J connectivity index is 2.42. The van der Waals surface area contributed by atoms with Gasteiger partial charge in [0.1, 0.15) is 17.8 Å². The van der Waals surface area contributed by atoms with E-state index in [0.717, 1.165) is 30.2 Å². The normalized spacial score (nSPS) is 13.9. The summed E-state index contributed by atoms with van der Waals surface area (Å²) in [6.07, 6.45) is -3.83. The number of rotatable bonds is 14. The van der Waals surface area contributed by atoms with Crippen LogP contribution in [0.2, 0.25) is 10.0 Å². The summed E-state index contributed by atoms with van der Waals surface area (Å²) >= 11 is 12.3. The summed E-state index contributed by atoms with van der Waals surface area (Å²) in [5.74, 6) is -11.5. The Labute approximate surface area is 263 Å². The number of ether oxygens (including phenoxy) is 1. The zero-order valence-corrected chi connectivity index (χ0v) is 25.9. The van der Waals surface area contributed by atoms with Crippen molar-refractivity contribution in [3.05, 3.63) is 63.6 Å². The number of benzene rings is 2. The first-order valence-electron chi connectivity index (χ1n) is 12.6. The quantitative estimate of drug-likeness (QED) is 0.189. The van der Waals surface area contributed by atoms with Crippen molar-refractivity contribution in [2.75, 3.05) is 20.0 Å². The van der Waals surface area contributed by atoms with Crippen LogP contribution in [0.15, 0.2) is 42.5 Å². The highest BCUT2D eigenvalue weighted by atomic mass is 35.5. The number of amides is 3. The highest BCUT2D eigenvalue weighted by molar-refractivity contribution is 7.93. The average molecular weight is 688 g/mol. The van der Waals surface area contributed by atoms with E-state index in [9.17, 15) is 32.3 Å². The molecule has 242 valence electrons. The molecule has 0 aliphatic rings. The second-order valence-corrected chi connectivity index (χ2v) is 10.9. The predicted molar refractivity (Wildman–Crippen MR) is 153 cm³/mol. The zero-order valence-electron chi connectivity index (χ0n) is 23.6. The van der Waals surface area contributed by atoms with E-state index in [2.05, 4.69) is 5.32 Å². The molecule has 1 unspecified atom stereocenters. The van der Waals surface area contributed by atoms with Gasteiger partial charge in [0, 0.05) is 11.8 Å². The lowest BCUT2D eigenvalue weighted by Gasteiger charge is -2.27. The van der Waals surface area contributed by atoms with Crippen LogP contribution in [0.25, 0.3) is 0 Å². The Bertz CT molecular complexity index is 1350. The number of alkyl halides is 5. The molecule has 0 heterocycles. The number of carbonyl (C=O) groups excluding carboxylic acids is 4. The lowest BCUT2D eigenvalue weighted by atomic mass is 9.97. The summed E-state index contributed by atoms with van der Waals surface area (Å²) in [6.45, 7) is 1.89. The Hall–Kier alpha value is -3.14. The van der Waals surface area contributed by atoms with Gasteiger partial charge in [-0.1, -0.05) is 55.2 Å². The Kier molecular flexibility index (Phi) is 13.2. The average Bonchev–Trinajstić information content (AvgIpc) is 2.96. The first-order valence-corrected chi connectivity index (χ1v) is 14.5. The maximum Gasteiger partial charge on any atom is 0.452 e. The predicted octanol–water partition coefficient (Wildman–Crippen LogP) is 5.00. The lowest BCUT2D eigenvalue weighted by molar-refractivity contribution is -0.175. The monoisotopic (exact) mass is 687 g/mol. The minimum absolute atomic E-state index is 0.0237. The molecule has 3 N–H and O–H groups in total. The largest absolute Gasteiger partial charge is 0.497 e. The van der Waals surface area contributed by atoms with Crippen molar-refractivity contribution >= 4 is 58.7 Å². The van der Waals surface area contributed by atoms with Crippen molar-refractivity contribution in [3.63, 3.8) is 0 Å². The molecule has 0 spiro atoms. The molecule has 3 amide bonds. The van der Waals surface area contributed by atoms with Crippen LogP contribution in [-0.4, -0.2) is 61.7 Å². The number of Topliss-reactive ketones (excluding diaryl/α,β-unsaturated/α-hetero) is 1. The van der Waals surface area contributed by atoms with Crippen LogP contribution >= 0.6 is 35.2 Å². The van der Waals surface area contributed by atoms with Gasteiger partial charge in [0.15, 0.2) is 0 Å². The van der Waals surface area contributed by atoms with Crippen LogP contribution < -0.4 is 20.7 Å². The van der Waals surface area contributed by atoms with Crippen LogP contribution in [-0.2, 0) is 29.3 Å². The van der Waals surface area contributed by atoms with Crippen LogP contribution in [0.1, 0.15) is 31.0 Å². The standard InChI is InChI=1S/C27H28Cl2F5N3O6S/c1-13(2)20(22(38)27(32,33)34)36-24(40)21(14-5-8-16(42-3)9-6-14)37-23(39)19(12-43-44-4)35-25(41)26(30,31)15-7-10-17(28)18(29)11-15/h5-11,13,19-21H,12H2,1-4H3,(H,35,41)(H,36,40)(H,37,39)/t19-,20-,21?/m0/s1. The Morgan fingerprint density at radius 3 is 2.00 bits per heavy atom. The minimum atomic E-state index is -5.27. The fourth-order valence-corrected chi connectivity index (χ4v) is 4.25. The van der Waals surface area contributed by atoms with Gasteiger partial charge < -0.3 is 24.9 Å². The third-order valence-electron chi connectivity index (χ3n) is 6.07. The van der Waals surface area contributed by atoms with Gasteiger partial charge >= 0.3 is 12.1 Å². The number of carbonyl (C=O) groups is 4. The number of halogens is 7. The van der Waals surface area contributed by atoms with Crippen LogP contribution in [0, 0.1) is 5.92 Å². The molecule has 0 bridgehead atoms. The smallest absolute Gasteiger partial charge is 0.452 e. The molecule has 0 radical (unpaired) electrons. The van der Waals surface area contributed by atoms with E-state index in [-0.39, 0.29) is 15.6 Å². The third-order valence-corrected chi connectivity index (χ3v) is 7.18. The van der Waals surface area contributed by atoms with Gasteiger partial charge in [-0.15, -0.1) is 0 Å². The van der Waals surface area contributed by atoms with Crippen molar-refractivity contribution in [1.82, 2.24) is 16.0 Å². The van der Waals surface area contributed by atoms with E-state index in [0.29, 0.717) is 5.75 Å². The first-order chi connectivity index (χ1) is 20.4. The van der Waals surface area contributed by atoms with Crippen molar-refractivity contribution < 1.29 is 50.1 Å². The molecular weight excluding hydrogens is 660 g/mol. The molecule has 0 saturated carbocycles. The van der Waals surface area contributed by atoms with Crippen LogP contribution in [0.3, 0.4) is 0 Å². The maximum atomic E-state index is 15.0. The second-order valence-electron chi connectivity index (χ2n) is 9.49. The van der Waals surface area contributed by atoms with Crippen LogP contribution in [0.4, 0.5) is 22.0 Å². The van der Waals surface area contributed by atoms with E-state index in [1.807, 2.05) is 10.6 Å². The first kappa shape index (κ1) is 37.0. The van der Waals surface area contributed by atoms with Gasteiger partial charge in [0.25, 0.3) is 11.7 Å². The summed E-state index contributed by atoms with van der Waals surface area (Å²) in [5, 5.41) is 5.82. The third kappa shape index (κ3) is 9.68. The minimum Gasteiger partial charge on any atom is -0.497 e. The molecule has 0 aliphatic heterocycles. The van der Waals surface area contributed by atoms with Crippen LogP contribution in [0.5, 0.6) is 5.75 Å². The molecule has 44 heavy (non-hydrogen) atoms. The topological polar surface area (TPSA) is 123 Å². The fraction of sp³-hybridized carbons (Fsp3) is 0.407. The molecule has 9 nitrogen and oxygen atoms in total. The number of hydrogen-bond acceptors (Lipinski definition) is 7. The van der Waals surface area contributed by atoms with E-state index < -0.39 is 71.8 Å². The number of hydrogen-bond donors (Lipinski definition) is 3. The highest BCUT2D eigenvalue weighted by Gasteiger charge is 2.46. The SMILES string of the molecule is COc1ccc(C(NC(=O)[C@H](COSC)NC(=O)C(F)(F)c2ccc(Cl)c(Cl)c2)C(=O)N[C@H](C(=O)C(F)(F)F)C(C)C)cc1. The molecule has 2 aromatic rings.